The van der Waals surface area contributed by atoms with Gasteiger partial charge in [0.15, 0.2) is 0 Å². The molecular weight excluding hydrogens is 312 g/mol. The summed E-state index contributed by atoms with van der Waals surface area (Å²) in [6, 6.07) is 12.0. The minimum atomic E-state index is -3.38. The van der Waals surface area contributed by atoms with Gasteiger partial charge in [0, 0.05) is 6.04 Å². The zero-order chi connectivity index (χ0) is 16.7. The Kier molecular flexibility index (Phi) is 6.58. The van der Waals surface area contributed by atoms with Gasteiger partial charge >= 0.3 is 0 Å². The molecule has 0 bridgehead atoms. The molecule has 1 aromatic carbocycles. The Bertz CT molecular complexity index is 621. The number of benzene rings is 1. The maximum absolute atomic E-state index is 12.0. The van der Waals surface area contributed by atoms with Crippen molar-refractivity contribution in [2.45, 2.75) is 44.8 Å². The largest absolute Gasteiger partial charge is 0.362 e. The van der Waals surface area contributed by atoms with Gasteiger partial charge < -0.3 is 4.74 Å². The molecule has 0 aliphatic heterocycles. The number of hydrogen-bond acceptors (Lipinski definition) is 4. The summed E-state index contributed by atoms with van der Waals surface area (Å²) in [5, 5.41) is 8.95. The molecule has 1 aromatic rings. The van der Waals surface area contributed by atoms with Crippen LogP contribution in [-0.2, 0) is 21.2 Å². The van der Waals surface area contributed by atoms with Gasteiger partial charge in [0.05, 0.1) is 18.4 Å². The lowest BCUT2D eigenvalue weighted by molar-refractivity contribution is 0.0876. The molecule has 1 N–H and O–H groups in total. The highest BCUT2D eigenvalue weighted by Gasteiger charge is 2.32. The van der Waals surface area contributed by atoms with Crippen molar-refractivity contribution < 1.29 is 13.2 Å². The molecule has 6 heteroatoms. The van der Waals surface area contributed by atoms with Crippen molar-refractivity contribution in [3.8, 4) is 6.07 Å². The van der Waals surface area contributed by atoms with Gasteiger partial charge in [-0.25, -0.2) is 13.1 Å². The second kappa shape index (κ2) is 8.44. The first-order valence-electron chi connectivity index (χ1n) is 8.05. The predicted octanol–water partition coefficient (Wildman–Crippen LogP) is 2.25. The van der Waals surface area contributed by atoms with Crippen molar-refractivity contribution in [1.82, 2.24) is 4.72 Å². The van der Waals surface area contributed by atoms with Crippen LogP contribution in [0.4, 0.5) is 0 Å². The van der Waals surface area contributed by atoms with E-state index in [1.54, 1.807) is 0 Å². The number of hydrogen-bond donors (Lipinski definition) is 1. The average Bonchev–Trinajstić information content (AvgIpc) is 3.35. The Balaban J connectivity index is 1.68. The van der Waals surface area contributed by atoms with Gasteiger partial charge in [-0.3, -0.25) is 0 Å². The molecule has 2 atom stereocenters. The van der Waals surface area contributed by atoms with Gasteiger partial charge in [0.2, 0.25) is 10.0 Å². The lowest BCUT2D eigenvalue weighted by Gasteiger charge is -2.15. The van der Waals surface area contributed by atoms with Crippen LogP contribution in [0, 0.1) is 17.2 Å². The first-order chi connectivity index (χ1) is 11.0. The Morgan fingerprint density at radius 3 is 2.65 bits per heavy atom. The van der Waals surface area contributed by atoms with Crippen molar-refractivity contribution in [1.29, 1.82) is 5.26 Å². The van der Waals surface area contributed by atoms with Gasteiger partial charge in [-0.05, 0) is 44.1 Å². The number of sulfonamides is 1. The lowest BCUT2D eigenvalue weighted by atomic mass is 10.1. The van der Waals surface area contributed by atoms with Crippen LogP contribution in [0.2, 0.25) is 0 Å². The third kappa shape index (κ3) is 6.69. The molecule has 0 heterocycles. The quantitative estimate of drug-likeness (QED) is 0.711. The minimum Gasteiger partial charge on any atom is -0.362 e. The molecule has 2 rings (SSSR count). The molecule has 126 valence electrons. The molecule has 1 aliphatic carbocycles. The molecule has 23 heavy (non-hydrogen) atoms. The number of nitriles is 1. The topological polar surface area (TPSA) is 79.2 Å². The van der Waals surface area contributed by atoms with Gasteiger partial charge in [-0.15, -0.1) is 0 Å². The van der Waals surface area contributed by atoms with E-state index in [1.807, 2.05) is 37.3 Å². The summed E-state index contributed by atoms with van der Waals surface area (Å²) in [5.74, 6) is 0.188. The van der Waals surface area contributed by atoms with E-state index in [-0.39, 0.29) is 18.4 Å². The van der Waals surface area contributed by atoms with Crippen LogP contribution in [-0.4, -0.2) is 32.9 Å². The van der Waals surface area contributed by atoms with E-state index >= 15 is 0 Å². The number of nitrogens with zero attached hydrogens (tertiary/aromatic N) is 1. The van der Waals surface area contributed by atoms with Crippen LogP contribution in [0.1, 0.15) is 31.7 Å². The highest BCUT2D eigenvalue weighted by Crippen LogP contribution is 2.33. The molecule has 0 saturated heterocycles. The van der Waals surface area contributed by atoms with Gasteiger partial charge in [0.1, 0.15) is 6.10 Å². The fourth-order valence-electron chi connectivity index (χ4n) is 2.41. The summed E-state index contributed by atoms with van der Waals surface area (Å²) in [7, 11) is -3.38. The number of aryl methyl sites for hydroxylation is 1. The molecule has 1 fully saturated rings. The summed E-state index contributed by atoms with van der Waals surface area (Å²) in [6.45, 7) is 1.93. The normalized spacial score (nSPS) is 17.4. The average molecular weight is 336 g/mol. The van der Waals surface area contributed by atoms with Crippen LogP contribution in [0.25, 0.3) is 0 Å². The first-order valence-corrected chi connectivity index (χ1v) is 9.70. The van der Waals surface area contributed by atoms with E-state index in [4.69, 9.17) is 10.00 Å². The number of rotatable bonds is 10. The fourth-order valence-corrected chi connectivity index (χ4v) is 3.58. The van der Waals surface area contributed by atoms with Crippen molar-refractivity contribution in [3.05, 3.63) is 35.9 Å². The van der Waals surface area contributed by atoms with Crippen molar-refractivity contribution >= 4 is 10.0 Å². The summed E-state index contributed by atoms with van der Waals surface area (Å²) < 4.78 is 32.1. The van der Waals surface area contributed by atoms with Crippen molar-refractivity contribution in [3.63, 3.8) is 0 Å². The van der Waals surface area contributed by atoms with Crippen molar-refractivity contribution in [2.75, 3.05) is 12.4 Å². The first kappa shape index (κ1) is 17.9. The molecular formula is C17H24N2O3S. The standard InChI is InChI=1S/C17H24N2O3S/c1-14(7-8-15-5-3-2-4-6-15)19-23(20,21)12-11-22-17(13-18)16-9-10-16/h2-6,14,16-17,19H,7-12H2,1H3. The summed E-state index contributed by atoms with van der Waals surface area (Å²) in [4.78, 5) is 0. The second-order valence-electron chi connectivity index (χ2n) is 6.12. The minimum absolute atomic E-state index is 0.0649. The van der Waals surface area contributed by atoms with Crippen LogP contribution >= 0.6 is 0 Å². The number of ether oxygens (including phenoxy) is 1. The van der Waals surface area contributed by atoms with E-state index in [9.17, 15) is 8.42 Å². The molecule has 0 aromatic heterocycles. The predicted molar refractivity (Wildman–Crippen MR) is 89.2 cm³/mol. The maximum atomic E-state index is 12.0. The van der Waals surface area contributed by atoms with Crippen LogP contribution in [0.5, 0.6) is 0 Å². The Morgan fingerprint density at radius 2 is 2.04 bits per heavy atom. The Labute approximate surface area is 138 Å². The number of nitrogens with one attached hydrogen (secondary N) is 1. The lowest BCUT2D eigenvalue weighted by Crippen LogP contribution is -2.36. The molecule has 5 nitrogen and oxygen atoms in total. The van der Waals surface area contributed by atoms with Gasteiger partial charge in [-0.2, -0.15) is 5.26 Å². The fraction of sp³-hybridized carbons (Fsp3) is 0.588. The Hall–Kier alpha value is -1.42. The maximum Gasteiger partial charge on any atom is 0.214 e. The van der Waals surface area contributed by atoms with E-state index in [0.717, 1.165) is 25.7 Å². The summed E-state index contributed by atoms with van der Waals surface area (Å²) >= 11 is 0. The molecule has 2 unspecified atom stereocenters. The van der Waals surface area contributed by atoms with Crippen LogP contribution in [0.3, 0.4) is 0 Å². The second-order valence-corrected chi connectivity index (χ2v) is 7.99. The molecule has 0 radical (unpaired) electrons. The van der Waals surface area contributed by atoms with E-state index in [2.05, 4.69) is 10.8 Å². The van der Waals surface area contributed by atoms with Gasteiger partial charge in [-0.1, -0.05) is 30.3 Å². The summed E-state index contributed by atoms with van der Waals surface area (Å²) in [6.07, 6.45) is 3.12. The zero-order valence-corrected chi connectivity index (χ0v) is 14.3. The van der Waals surface area contributed by atoms with Crippen LogP contribution < -0.4 is 4.72 Å². The third-order valence-corrected chi connectivity index (χ3v) is 5.38. The van der Waals surface area contributed by atoms with E-state index in [1.165, 1.54) is 5.56 Å². The van der Waals surface area contributed by atoms with Gasteiger partial charge in [0.25, 0.3) is 0 Å². The SMILES string of the molecule is CC(CCc1ccccc1)NS(=O)(=O)CCOC(C#N)C1CC1. The smallest absolute Gasteiger partial charge is 0.214 e. The van der Waals surface area contributed by atoms with Crippen LogP contribution in [0.15, 0.2) is 30.3 Å². The Morgan fingerprint density at radius 1 is 1.35 bits per heavy atom. The highest BCUT2D eigenvalue weighted by atomic mass is 32.2. The van der Waals surface area contributed by atoms with E-state index in [0.29, 0.717) is 5.92 Å². The molecule has 0 spiro atoms. The highest BCUT2D eigenvalue weighted by molar-refractivity contribution is 7.89. The summed E-state index contributed by atoms with van der Waals surface area (Å²) in [5.41, 5.74) is 1.20. The molecule has 1 saturated carbocycles. The monoisotopic (exact) mass is 336 g/mol. The van der Waals surface area contributed by atoms with Crippen molar-refractivity contribution in [2.24, 2.45) is 5.92 Å². The van der Waals surface area contributed by atoms with E-state index < -0.39 is 16.1 Å². The zero-order valence-electron chi connectivity index (χ0n) is 13.4. The molecule has 1 aliphatic rings. The molecule has 0 amide bonds. The third-order valence-electron chi connectivity index (χ3n) is 3.92.